The lowest BCUT2D eigenvalue weighted by atomic mass is 10.1. The Bertz CT molecular complexity index is 955. The molecule has 2 atom stereocenters. The van der Waals surface area contributed by atoms with Gasteiger partial charge in [0.1, 0.15) is 5.75 Å². The first kappa shape index (κ1) is 17.7. The summed E-state index contributed by atoms with van der Waals surface area (Å²) in [6.07, 6.45) is 0. The monoisotopic (exact) mass is 375 g/mol. The number of fused-ring (bicyclic) bond motifs is 3. The molecule has 27 heavy (non-hydrogen) atoms. The Morgan fingerprint density at radius 1 is 0.889 bits per heavy atom. The fourth-order valence-corrected chi connectivity index (χ4v) is 5.20. The van der Waals surface area contributed by atoms with E-state index < -0.39 is 10.8 Å². The summed E-state index contributed by atoms with van der Waals surface area (Å²) in [6.45, 7) is 1.94. The van der Waals surface area contributed by atoms with Gasteiger partial charge < -0.3 is 5.32 Å². The van der Waals surface area contributed by atoms with Gasteiger partial charge in [-0.2, -0.15) is 0 Å². The fourth-order valence-electron chi connectivity index (χ4n) is 3.71. The van der Waals surface area contributed by atoms with Crippen LogP contribution >= 0.6 is 0 Å². The quantitative estimate of drug-likeness (QED) is 0.719. The number of rotatable bonds is 5. The molecule has 1 aliphatic rings. The average molecular weight is 375 g/mol. The van der Waals surface area contributed by atoms with E-state index in [1.54, 1.807) is 0 Å². The van der Waals surface area contributed by atoms with Gasteiger partial charge in [-0.05, 0) is 34.7 Å². The molecule has 1 aliphatic carbocycles. The molecule has 3 aromatic rings. The van der Waals surface area contributed by atoms with E-state index >= 15 is 0 Å². The van der Waals surface area contributed by atoms with E-state index in [2.05, 4.69) is 17.4 Å². The van der Waals surface area contributed by atoms with E-state index in [9.17, 15) is 9.00 Å². The number of hydrogen-bond donors (Lipinski definition) is 1. The lowest BCUT2D eigenvalue weighted by Crippen LogP contribution is -2.31. The van der Waals surface area contributed by atoms with Gasteiger partial charge in [0.05, 0.1) is 11.3 Å². The maximum absolute atomic E-state index is 13.1. The third kappa shape index (κ3) is 3.45. The van der Waals surface area contributed by atoms with E-state index in [1.165, 1.54) is 0 Å². The van der Waals surface area contributed by atoms with E-state index in [0.717, 1.165) is 27.8 Å². The predicted octanol–water partition coefficient (Wildman–Crippen LogP) is 4.38. The normalized spacial score (nSPS) is 14.9. The van der Waals surface area contributed by atoms with Crippen LogP contribution < -0.4 is 5.32 Å². The van der Waals surface area contributed by atoms with E-state index in [0.29, 0.717) is 0 Å². The summed E-state index contributed by atoms with van der Waals surface area (Å²) in [5.74, 6) is -0.198. The van der Waals surface area contributed by atoms with Crippen molar-refractivity contribution in [3.63, 3.8) is 0 Å². The zero-order valence-electron chi connectivity index (χ0n) is 15.1. The number of nitrogens with one attached hydrogen (secondary N) is 1. The van der Waals surface area contributed by atoms with Gasteiger partial charge in [-0.15, -0.1) is 0 Å². The molecule has 3 aromatic carbocycles. The molecule has 1 unspecified atom stereocenters. The van der Waals surface area contributed by atoms with Crippen molar-refractivity contribution in [1.82, 2.24) is 5.32 Å². The van der Waals surface area contributed by atoms with Crippen LogP contribution in [-0.2, 0) is 15.6 Å². The summed E-state index contributed by atoms with van der Waals surface area (Å²) in [6, 6.07) is 25.8. The van der Waals surface area contributed by atoms with Crippen LogP contribution in [0.5, 0.6) is 0 Å². The summed E-state index contributed by atoms with van der Waals surface area (Å²) in [5, 5.41) is 2.71. The predicted molar refractivity (Wildman–Crippen MR) is 110 cm³/mol. The molecule has 0 radical (unpaired) electrons. The molecule has 4 rings (SSSR count). The van der Waals surface area contributed by atoms with Gasteiger partial charge in [0.25, 0.3) is 0 Å². The third-order valence-electron chi connectivity index (χ3n) is 4.99. The SMILES string of the molecule is C[C@@H](NC(=O)CS(=O)C1c2ccccc2-c2ccccc21)c1ccccc1. The first-order chi connectivity index (χ1) is 13.1. The highest BCUT2D eigenvalue weighted by Gasteiger charge is 2.33. The number of benzene rings is 3. The van der Waals surface area contributed by atoms with Crippen LogP contribution in [0.1, 0.15) is 34.9 Å². The molecule has 0 aromatic heterocycles. The Labute approximate surface area is 161 Å². The molecule has 136 valence electrons. The van der Waals surface area contributed by atoms with Crippen molar-refractivity contribution < 1.29 is 9.00 Å². The summed E-state index contributed by atoms with van der Waals surface area (Å²) in [4.78, 5) is 12.5. The highest BCUT2D eigenvalue weighted by atomic mass is 32.2. The first-order valence-electron chi connectivity index (χ1n) is 9.05. The van der Waals surface area contributed by atoms with Crippen LogP contribution in [0.3, 0.4) is 0 Å². The van der Waals surface area contributed by atoms with E-state index in [4.69, 9.17) is 0 Å². The van der Waals surface area contributed by atoms with Crippen molar-refractivity contribution in [1.29, 1.82) is 0 Å². The van der Waals surface area contributed by atoms with E-state index in [-0.39, 0.29) is 23.0 Å². The Kier molecular flexibility index (Phi) is 4.90. The minimum Gasteiger partial charge on any atom is -0.349 e. The topological polar surface area (TPSA) is 46.2 Å². The van der Waals surface area contributed by atoms with Crippen molar-refractivity contribution >= 4 is 16.7 Å². The van der Waals surface area contributed by atoms with Crippen LogP contribution in [0.4, 0.5) is 0 Å². The minimum atomic E-state index is -1.33. The lowest BCUT2D eigenvalue weighted by Gasteiger charge is -2.16. The Morgan fingerprint density at radius 3 is 2.00 bits per heavy atom. The maximum Gasteiger partial charge on any atom is 0.233 e. The average Bonchev–Trinajstić information content (AvgIpc) is 3.03. The number of amides is 1. The van der Waals surface area contributed by atoms with Crippen molar-refractivity contribution in [3.05, 3.63) is 95.6 Å². The second kappa shape index (κ2) is 7.49. The summed E-state index contributed by atoms with van der Waals surface area (Å²) >= 11 is 0. The first-order valence-corrected chi connectivity index (χ1v) is 10.4. The van der Waals surface area contributed by atoms with Gasteiger partial charge >= 0.3 is 0 Å². The van der Waals surface area contributed by atoms with Crippen molar-refractivity contribution in [2.45, 2.75) is 18.2 Å². The summed E-state index contributed by atoms with van der Waals surface area (Å²) in [7, 11) is -1.33. The lowest BCUT2D eigenvalue weighted by molar-refractivity contribution is -0.119. The minimum absolute atomic E-state index is 0.00942. The molecule has 0 spiro atoms. The second-order valence-corrected chi connectivity index (χ2v) is 8.30. The highest BCUT2D eigenvalue weighted by Crippen LogP contribution is 2.46. The molecule has 0 heterocycles. The molecule has 0 saturated carbocycles. The molecular formula is C23H21NO2S. The summed E-state index contributed by atoms with van der Waals surface area (Å²) < 4.78 is 13.1. The highest BCUT2D eigenvalue weighted by molar-refractivity contribution is 7.86. The standard InChI is InChI=1S/C23H21NO2S/c1-16(17-9-3-2-4-10-17)24-22(25)15-27(26)23-20-13-7-5-11-18(20)19-12-6-8-14-21(19)23/h2-14,16,23H,15H2,1H3,(H,24,25)/t16-,27?/m1/s1. The van der Waals surface area contributed by atoms with Crippen molar-refractivity contribution in [2.24, 2.45) is 0 Å². The van der Waals surface area contributed by atoms with Crippen LogP contribution in [0, 0.1) is 0 Å². The molecule has 0 bridgehead atoms. The number of hydrogen-bond acceptors (Lipinski definition) is 2. The number of carbonyl (C=O) groups excluding carboxylic acids is 1. The van der Waals surface area contributed by atoms with Gasteiger partial charge in [0, 0.05) is 10.8 Å². The van der Waals surface area contributed by atoms with Crippen LogP contribution in [-0.4, -0.2) is 15.9 Å². The van der Waals surface area contributed by atoms with Crippen LogP contribution in [0.2, 0.25) is 0 Å². The maximum atomic E-state index is 13.1. The zero-order chi connectivity index (χ0) is 18.8. The van der Waals surface area contributed by atoms with Crippen LogP contribution in [0.25, 0.3) is 11.1 Å². The molecule has 0 saturated heterocycles. The molecule has 0 aliphatic heterocycles. The molecule has 3 nitrogen and oxygen atoms in total. The molecule has 1 amide bonds. The van der Waals surface area contributed by atoms with Gasteiger partial charge in [-0.1, -0.05) is 78.9 Å². The Hall–Kier alpha value is -2.72. The zero-order valence-corrected chi connectivity index (χ0v) is 15.9. The van der Waals surface area contributed by atoms with Crippen molar-refractivity contribution in [3.8, 4) is 11.1 Å². The Balaban J connectivity index is 1.52. The van der Waals surface area contributed by atoms with Gasteiger partial charge in [-0.3, -0.25) is 9.00 Å². The largest absolute Gasteiger partial charge is 0.349 e. The molecular weight excluding hydrogens is 354 g/mol. The second-order valence-electron chi connectivity index (χ2n) is 6.78. The van der Waals surface area contributed by atoms with Gasteiger partial charge in [0.15, 0.2) is 0 Å². The van der Waals surface area contributed by atoms with Gasteiger partial charge in [0.2, 0.25) is 5.91 Å². The summed E-state index contributed by atoms with van der Waals surface area (Å²) in [5.41, 5.74) is 5.35. The van der Waals surface area contributed by atoms with Gasteiger partial charge in [-0.25, -0.2) is 0 Å². The number of carbonyl (C=O) groups is 1. The molecule has 0 fully saturated rings. The van der Waals surface area contributed by atoms with Crippen molar-refractivity contribution in [2.75, 3.05) is 5.75 Å². The van der Waals surface area contributed by atoms with Crippen LogP contribution in [0.15, 0.2) is 78.9 Å². The molecule has 1 N–H and O–H groups in total. The molecule has 4 heteroatoms. The van der Waals surface area contributed by atoms with E-state index in [1.807, 2.05) is 73.7 Å². The Morgan fingerprint density at radius 2 is 1.41 bits per heavy atom. The third-order valence-corrected chi connectivity index (χ3v) is 6.57. The fraction of sp³-hybridized carbons (Fsp3) is 0.174. The smallest absolute Gasteiger partial charge is 0.233 e.